The van der Waals surface area contributed by atoms with Crippen LogP contribution in [0.4, 0.5) is 0 Å². The van der Waals surface area contributed by atoms with E-state index in [9.17, 15) is 14.4 Å². The van der Waals surface area contributed by atoms with Crippen molar-refractivity contribution in [2.45, 2.75) is 322 Å². The van der Waals surface area contributed by atoms with Gasteiger partial charge in [-0.15, -0.1) is 0 Å². The highest BCUT2D eigenvalue weighted by Gasteiger charge is 2.19. The molecule has 0 rings (SSSR count). The van der Waals surface area contributed by atoms with E-state index in [1.807, 2.05) is 0 Å². The van der Waals surface area contributed by atoms with Crippen molar-refractivity contribution in [1.82, 2.24) is 0 Å². The summed E-state index contributed by atoms with van der Waals surface area (Å²) in [5.41, 5.74) is 0. The molecule has 0 aliphatic heterocycles. The van der Waals surface area contributed by atoms with E-state index in [4.69, 9.17) is 14.2 Å². The first-order valence-corrected chi connectivity index (χ1v) is 34.7. The quantitative estimate of drug-likeness (QED) is 0.0261. The van der Waals surface area contributed by atoms with Crippen LogP contribution in [0.15, 0.2) is 134 Å². The minimum atomic E-state index is -0.799. The zero-order valence-corrected chi connectivity index (χ0v) is 54.2. The lowest BCUT2D eigenvalue weighted by Gasteiger charge is -2.18. The second-order valence-electron chi connectivity index (χ2n) is 22.7. The third kappa shape index (κ3) is 68.2. The van der Waals surface area contributed by atoms with Crippen LogP contribution in [-0.2, 0) is 28.6 Å². The Balaban J connectivity index is 4.37. The summed E-state index contributed by atoms with van der Waals surface area (Å²) >= 11 is 0. The number of esters is 3. The summed E-state index contributed by atoms with van der Waals surface area (Å²) in [6.45, 7) is 6.51. The van der Waals surface area contributed by atoms with Crippen LogP contribution in [0.1, 0.15) is 316 Å². The first-order chi connectivity index (χ1) is 41.0. The summed E-state index contributed by atoms with van der Waals surface area (Å²) in [7, 11) is 0. The highest BCUT2D eigenvalue weighted by atomic mass is 16.6. The maximum absolute atomic E-state index is 12.9. The van der Waals surface area contributed by atoms with Gasteiger partial charge in [0.05, 0.1) is 0 Å². The van der Waals surface area contributed by atoms with Gasteiger partial charge >= 0.3 is 17.9 Å². The van der Waals surface area contributed by atoms with Crippen LogP contribution in [0.2, 0.25) is 0 Å². The number of hydrogen-bond acceptors (Lipinski definition) is 6. The summed E-state index contributed by atoms with van der Waals surface area (Å²) in [4.78, 5) is 38.4. The molecular formula is C77H128O6. The number of carbonyl (C=O) groups excluding carboxylic acids is 3. The van der Waals surface area contributed by atoms with Crippen molar-refractivity contribution in [3.05, 3.63) is 134 Å². The van der Waals surface area contributed by atoms with E-state index in [0.29, 0.717) is 19.3 Å². The van der Waals surface area contributed by atoms with Gasteiger partial charge in [0.15, 0.2) is 6.10 Å². The van der Waals surface area contributed by atoms with Crippen molar-refractivity contribution in [2.24, 2.45) is 0 Å². The van der Waals surface area contributed by atoms with Gasteiger partial charge in [-0.25, -0.2) is 0 Å². The van der Waals surface area contributed by atoms with Crippen molar-refractivity contribution in [1.29, 1.82) is 0 Å². The lowest BCUT2D eigenvalue weighted by atomic mass is 10.1. The number of rotatable bonds is 62. The average Bonchev–Trinajstić information content (AvgIpc) is 3.49. The van der Waals surface area contributed by atoms with E-state index in [-0.39, 0.29) is 31.1 Å². The molecule has 0 fully saturated rings. The van der Waals surface area contributed by atoms with E-state index in [1.54, 1.807) is 0 Å². The monoisotopic (exact) mass is 1150 g/mol. The second-order valence-corrected chi connectivity index (χ2v) is 22.7. The maximum atomic E-state index is 12.9. The number of allylic oxidation sites excluding steroid dienone is 22. The van der Waals surface area contributed by atoms with Crippen LogP contribution in [0.5, 0.6) is 0 Å². The highest BCUT2D eigenvalue weighted by molar-refractivity contribution is 5.71. The van der Waals surface area contributed by atoms with Crippen molar-refractivity contribution in [3.63, 3.8) is 0 Å². The summed E-state index contributed by atoms with van der Waals surface area (Å²) in [5, 5.41) is 0. The Morgan fingerprint density at radius 2 is 0.470 bits per heavy atom. The normalized spacial score (nSPS) is 13.0. The minimum Gasteiger partial charge on any atom is -0.462 e. The van der Waals surface area contributed by atoms with Gasteiger partial charge in [0.25, 0.3) is 0 Å². The minimum absolute atomic E-state index is 0.0933. The Morgan fingerprint density at radius 1 is 0.253 bits per heavy atom. The maximum Gasteiger partial charge on any atom is 0.306 e. The fraction of sp³-hybridized carbons (Fsp3) is 0.675. The molecule has 0 spiro atoms. The van der Waals surface area contributed by atoms with Gasteiger partial charge in [-0.2, -0.15) is 0 Å². The Bertz CT molecular complexity index is 1750. The molecule has 0 saturated heterocycles. The van der Waals surface area contributed by atoms with Gasteiger partial charge in [-0.05, 0) is 141 Å². The average molecular weight is 1150 g/mol. The Morgan fingerprint density at radius 3 is 0.747 bits per heavy atom. The SMILES string of the molecule is CC/C=C\C/C=C\C/C=C\C/C=C\C/C=C\C/C=C\C/C=C\C/C=C\C/C=C\CCCCCCCC(=O)OCC(COC(=O)CCCCCCC/C=C\CCCCCCCCC)OC(=O)CCCCCCC/C=C\CCCCCCCCC. The Kier molecular flexibility index (Phi) is 66.3. The van der Waals surface area contributed by atoms with E-state index < -0.39 is 6.10 Å². The molecule has 0 saturated carbocycles. The standard InChI is InChI=1S/C77H128O6/c1-4-7-10-13-16-19-22-25-28-31-32-33-34-35-36-37-38-39-40-41-42-43-44-45-46-47-50-52-55-58-61-64-67-70-76(79)82-73-74(83-77(80)71-68-65-62-59-56-53-49-30-27-24-21-18-15-12-9-6-3)72-81-75(78)69-66-63-60-57-54-51-48-29-26-23-20-17-14-11-8-5-2/h7,10,16,19,25,28-30,32-33,35-36,38-39,41-42,44-45,47-50,74H,4-6,8-9,11-15,17-18,20-24,26-27,31,34,37,40,43,46,51-73H2,1-3H3/b10-7-,19-16-,28-25-,33-32-,36-35-,39-38-,42-41-,45-44-,48-29-,49-30-,50-47-. The molecule has 0 aliphatic carbocycles. The van der Waals surface area contributed by atoms with Crippen LogP contribution in [0, 0.1) is 0 Å². The van der Waals surface area contributed by atoms with Gasteiger partial charge in [0.2, 0.25) is 0 Å². The molecule has 472 valence electrons. The molecule has 0 heterocycles. The predicted molar refractivity (Wildman–Crippen MR) is 362 cm³/mol. The van der Waals surface area contributed by atoms with Gasteiger partial charge in [0, 0.05) is 19.3 Å². The highest BCUT2D eigenvalue weighted by Crippen LogP contribution is 2.15. The molecule has 0 aromatic carbocycles. The number of hydrogen-bond donors (Lipinski definition) is 0. The predicted octanol–water partition coefficient (Wildman–Crippen LogP) is 24.1. The van der Waals surface area contributed by atoms with E-state index >= 15 is 0 Å². The largest absolute Gasteiger partial charge is 0.462 e. The van der Waals surface area contributed by atoms with Crippen molar-refractivity contribution >= 4 is 17.9 Å². The fourth-order valence-corrected chi connectivity index (χ4v) is 9.43. The van der Waals surface area contributed by atoms with Crippen molar-refractivity contribution < 1.29 is 28.6 Å². The molecular weight excluding hydrogens is 1020 g/mol. The molecule has 0 aromatic heterocycles. The molecule has 0 aromatic rings. The van der Waals surface area contributed by atoms with Crippen LogP contribution >= 0.6 is 0 Å². The zero-order chi connectivity index (χ0) is 59.9. The van der Waals surface area contributed by atoms with Crippen molar-refractivity contribution in [3.8, 4) is 0 Å². The molecule has 0 amide bonds. The fourth-order valence-electron chi connectivity index (χ4n) is 9.43. The van der Waals surface area contributed by atoms with Crippen molar-refractivity contribution in [2.75, 3.05) is 13.2 Å². The first-order valence-electron chi connectivity index (χ1n) is 34.7. The third-order valence-electron chi connectivity index (χ3n) is 14.6. The summed E-state index contributed by atoms with van der Waals surface area (Å²) in [5.74, 6) is -0.922. The number of unbranched alkanes of at least 4 members (excludes halogenated alkanes) is 29. The number of carbonyl (C=O) groups is 3. The van der Waals surface area contributed by atoms with E-state index in [2.05, 4.69) is 154 Å². The molecule has 83 heavy (non-hydrogen) atoms. The first kappa shape index (κ1) is 78.5. The van der Waals surface area contributed by atoms with E-state index in [0.717, 1.165) is 154 Å². The molecule has 0 aliphatic rings. The van der Waals surface area contributed by atoms with Crippen LogP contribution in [0.3, 0.4) is 0 Å². The summed E-state index contributed by atoms with van der Waals surface area (Å²) in [6, 6.07) is 0. The van der Waals surface area contributed by atoms with Gasteiger partial charge < -0.3 is 14.2 Å². The Hall–Kier alpha value is -4.45. The molecule has 6 nitrogen and oxygen atoms in total. The molecule has 0 bridgehead atoms. The van der Waals surface area contributed by atoms with Gasteiger partial charge in [-0.1, -0.05) is 289 Å². The molecule has 0 radical (unpaired) electrons. The summed E-state index contributed by atoms with van der Waals surface area (Å²) in [6.07, 6.45) is 98.9. The molecule has 6 heteroatoms. The third-order valence-corrected chi connectivity index (χ3v) is 14.6. The molecule has 0 N–H and O–H groups in total. The van der Waals surface area contributed by atoms with Crippen LogP contribution in [-0.4, -0.2) is 37.2 Å². The summed E-state index contributed by atoms with van der Waals surface area (Å²) < 4.78 is 16.9. The van der Waals surface area contributed by atoms with E-state index in [1.165, 1.54) is 122 Å². The zero-order valence-electron chi connectivity index (χ0n) is 54.2. The van der Waals surface area contributed by atoms with Gasteiger partial charge in [0.1, 0.15) is 13.2 Å². The van der Waals surface area contributed by atoms with Gasteiger partial charge in [-0.3, -0.25) is 14.4 Å². The van der Waals surface area contributed by atoms with Crippen LogP contribution in [0.25, 0.3) is 0 Å². The van der Waals surface area contributed by atoms with Crippen LogP contribution < -0.4 is 0 Å². The second kappa shape index (κ2) is 70.0. The molecule has 1 unspecified atom stereocenters. The smallest absolute Gasteiger partial charge is 0.306 e. The lowest BCUT2D eigenvalue weighted by molar-refractivity contribution is -0.167. The number of ether oxygens (including phenoxy) is 3. The Labute approximate surface area is 513 Å². The molecule has 1 atom stereocenters. The topological polar surface area (TPSA) is 78.9 Å². The lowest BCUT2D eigenvalue weighted by Crippen LogP contribution is -2.30.